The molecule has 3 aromatic heterocycles. The standard InChI is InChI=1S/C16H17N3OS/c20-11-14(9-13-3-8-21-12-13)10-19-7-6-18-16(19)15-1-4-17-5-2-15/h1-8,12,14,20H,9-11H2. The molecule has 1 atom stereocenters. The van der Waals surface area contributed by atoms with Crippen molar-refractivity contribution in [2.45, 2.75) is 13.0 Å². The molecule has 0 aliphatic heterocycles. The molecule has 3 rings (SSSR count). The normalized spacial score (nSPS) is 12.4. The third-order valence-electron chi connectivity index (χ3n) is 3.47. The molecule has 3 heterocycles. The molecule has 0 bridgehead atoms. The zero-order valence-electron chi connectivity index (χ0n) is 11.6. The summed E-state index contributed by atoms with van der Waals surface area (Å²) >= 11 is 1.69. The molecule has 0 radical (unpaired) electrons. The van der Waals surface area contributed by atoms with Crippen LogP contribution in [0.25, 0.3) is 11.4 Å². The van der Waals surface area contributed by atoms with Crippen molar-refractivity contribution in [3.05, 3.63) is 59.3 Å². The van der Waals surface area contributed by atoms with Gasteiger partial charge in [-0.1, -0.05) is 0 Å². The average Bonchev–Trinajstić information content (AvgIpc) is 3.19. The fraction of sp³-hybridized carbons (Fsp3) is 0.250. The predicted octanol–water partition coefficient (Wildman–Crippen LogP) is 2.86. The first kappa shape index (κ1) is 14.0. The van der Waals surface area contributed by atoms with Gasteiger partial charge in [-0.3, -0.25) is 4.98 Å². The van der Waals surface area contributed by atoms with Gasteiger partial charge in [-0.15, -0.1) is 0 Å². The molecule has 0 aliphatic carbocycles. The Balaban J connectivity index is 1.77. The Kier molecular flexibility index (Phi) is 4.43. The van der Waals surface area contributed by atoms with E-state index in [1.165, 1.54) is 5.56 Å². The first-order valence-electron chi connectivity index (χ1n) is 6.90. The van der Waals surface area contributed by atoms with Crippen LogP contribution in [0.5, 0.6) is 0 Å². The predicted molar refractivity (Wildman–Crippen MR) is 84.1 cm³/mol. The lowest BCUT2D eigenvalue weighted by Crippen LogP contribution is -2.17. The lowest BCUT2D eigenvalue weighted by molar-refractivity contribution is 0.210. The number of hydrogen-bond donors (Lipinski definition) is 1. The summed E-state index contributed by atoms with van der Waals surface area (Å²) in [6.45, 7) is 0.924. The molecule has 3 aromatic rings. The molecule has 5 heteroatoms. The van der Waals surface area contributed by atoms with Crippen LogP contribution in [0, 0.1) is 5.92 Å². The molecule has 0 spiro atoms. The summed E-state index contributed by atoms with van der Waals surface area (Å²) in [4.78, 5) is 8.46. The van der Waals surface area contributed by atoms with Crippen molar-refractivity contribution in [2.24, 2.45) is 5.92 Å². The zero-order valence-corrected chi connectivity index (χ0v) is 12.4. The van der Waals surface area contributed by atoms with E-state index in [4.69, 9.17) is 0 Å². The lowest BCUT2D eigenvalue weighted by Gasteiger charge is -2.16. The third kappa shape index (κ3) is 3.37. The van der Waals surface area contributed by atoms with Crippen LogP contribution in [0.4, 0.5) is 0 Å². The SMILES string of the molecule is OCC(Cc1ccsc1)Cn1ccnc1-c1ccncc1. The van der Waals surface area contributed by atoms with Gasteiger partial charge >= 0.3 is 0 Å². The fourth-order valence-corrected chi connectivity index (χ4v) is 3.11. The Hall–Kier alpha value is -1.98. The van der Waals surface area contributed by atoms with Gasteiger partial charge in [-0.25, -0.2) is 4.98 Å². The van der Waals surface area contributed by atoms with Gasteiger partial charge < -0.3 is 9.67 Å². The Morgan fingerprint density at radius 2 is 2.05 bits per heavy atom. The van der Waals surface area contributed by atoms with Crippen LogP contribution in [0.15, 0.2) is 53.7 Å². The van der Waals surface area contributed by atoms with Crippen LogP contribution < -0.4 is 0 Å². The van der Waals surface area contributed by atoms with Crippen LogP contribution in [0.2, 0.25) is 0 Å². The van der Waals surface area contributed by atoms with Gasteiger partial charge in [0.15, 0.2) is 0 Å². The van der Waals surface area contributed by atoms with Crippen molar-refractivity contribution in [1.82, 2.24) is 14.5 Å². The largest absolute Gasteiger partial charge is 0.396 e. The van der Waals surface area contributed by atoms with E-state index in [9.17, 15) is 5.11 Å². The molecule has 0 fully saturated rings. The molecule has 1 N–H and O–H groups in total. The number of nitrogens with zero attached hydrogens (tertiary/aromatic N) is 3. The number of aliphatic hydroxyl groups excluding tert-OH is 1. The molecular weight excluding hydrogens is 282 g/mol. The van der Waals surface area contributed by atoms with E-state index in [0.29, 0.717) is 0 Å². The molecule has 0 aliphatic rings. The molecule has 4 nitrogen and oxygen atoms in total. The highest BCUT2D eigenvalue weighted by molar-refractivity contribution is 7.07. The second kappa shape index (κ2) is 6.65. The van der Waals surface area contributed by atoms with Crippen molar-refractivity contribution in [1.29, 1.82) is 0 Å². The van der Waals surface area contributed by atoms with Gasteiger partial charge in [0, 0.05) is 49.4 Å². The number of thiophene rings is 1. The topological polar surface area (TPSA) is 50.9 Å². The molecule has 0 amide bonds. The maximum atomic E-state index is 9.64. The quantitative estimate of drug-likeness (QED) is 0.761. The Labute approximate surface area is 127 Å². The second-order valence-electron chi connectivity index (χ2n) is 5.02. The Morgan fingerprint density at radius 3 is 2.76 bits per heavy atom. The van der Waals surface area contributed by atoms with E-state index < -0.39 is 0 Å². The van der Waals surface area contributed by atoms with Crippen LogP contribution >= 0.6 is 11.3 Å². The average molecular weight is 299 g/mol. The van der Waals surface area contributed by atoms with Gasteiger partial charge in [-0.05, 0) is 40.9 Å². The molecule has 21 heavy (non-hydrogen) atoms. The highest BCUT2D eigenvalue weighted by atomic mass is 32.1. The summed E-state index contributed by atoms with van der Waals surface area (Å²) < 4.78 is 2.10. The van der Waals surface area contributed by atoms with Crippen molar-refractivity contribution in [3.63, 3.8) is 0 Å². The summed E-state index contributed by atoms with van der Waals surface area (Å²) in [7, 11) is 0. The van der Waals surface area contributed by atoms with Crippen LogP contribution in [-0.2, 0) is 13.0 Å². The molecule has 0 saturated carbocycles. The zero-order chi connectivity index (χ0) is 14.5. The minimum Gasteiger partial charge on any atom is -0.396 e. The Morgan fingerprint density at radius 1 is 1.19 bits per heavy atom. The van der Waals surface area contributed by atoms with Crippen LogP contribution in [0.3, 0.4) is 0 Å². The van der Waals surface area contributed by atoms with Crippen LogP contribution in [0.1, 0.15) is 5.56 Å². The third-order valence-corrected chi connectivity index (χ3v) is 4.20. The summed E-state index contributed by atoms with van der Waals surface area (Å²) in [5.41, 5.74) is 2.33. The van der Waals surface area contributed by atoms with E-state index in [-0.39, 0.29) is 12.5 Å². The first-order valence-corrected chi connectivity index (χ1v) is 7.84. The monoisotopic (exact) mass is 299 g/mol. The number of aromatic nitrogens is 3. The van der Waals surface area contributed by atoms with E-state index in [1.807, 2.05) is 18.3 Å². The highest BCUT2D eigenvalue weighted by Gasteiger charge is 2.13. The number of aliphatic hydroxyl groups is 1. The number of hydrogen-bond acceptors (Lipinski definition) is 4. The molecule has 0 aromatic carbocycles. The van der Waals surface area contributed by atoms with Crippen molar-refractivity contribution >= 4 is 11.3 Å². The van der Waals surface area contributed by atoms with Gasteiger partial charge in [0.05, 0.1) is 0 Å². The number of pyridine rings is 1. The summed E-state index contributed by atoms with van der Waals surface area (Å²) in [5, 5.41) is 13.9. The molecule has 0 saturated heterocycles. The van der Waals surface area contributed by atoms with Crippen molar-refractivity contribution in [3.8, 4) is 11.4 Å². The Bertz CT molecular complexity index is 664. The van der Waals surface area contributed by atoms with Gasteiger partial charge in [0.25, 0.3) is 0 Å². The summed E-state index contributed by atoms with van der Waals surface area (Å²) in [5.74, 6) is 1.11. The maximum Gasteiger partial charge on any atom is 0.139 e. The molecule has 108 valence electrons. The minimum atomic E-state index is 0.170. The summed E-state index contributed by atoms with van der Waals surface area (Å²) in [6.07, 6.45) is 8.18. The molecular formula is C16H17N3OS. The number of rotatable bonds is 6. The van der Waals surface area contributed by atoms with Crippen molar-refractivity contribution < 1.29 is 5.11 Å². The first-order chi connectivity index (χ1) is 10.4. The van der Waals surface area contributed by atoms with E-state index >= 15 is 0 Å². The number of imidazole rings is 1. The maximum absolute atomic E-state index is 9.64. The second-order valence-corrected chi connectivity index (χ2v) is 5.80. The van der Waals surface area contributed by atoms with Crippen molar-refractivity contribution in [2.75, 3.05) is 6.61 Å². The van der Waals surface area contributed by atoms with Gasteiger partial charge in [0.2, 0.25) is 0 Å². The fourth-order valence-electron chi connectivity index (χ4n) is 2.42. The highest BCUT2D eigenvalue weighted by Crippen LogP contribution is 2.19. The smallest absolute Gasteiger partial charge is 0.139 e. The van der Waals surface area contributed by atoms with Gasteiger partial charge in [0.1, 0.15) is 5.82 Å². The van der Waals surface area contributed by atoms with E-state index in [0.717, 1.165) is 24.4 Å². The lowest BCUT2D eigenvalue weighted by atomic mass is 10.0. The van der Waals surface area contributed by atoms with Gasteiger partial charge in [-0.2, -0.15) is 11.3 Å². The van der Waals surface area contributed by atoms with Crippen LogP contribution in [-0.4, -0.2) is 26.2 Å². The van der Waals surface area contributed by atoms with E-state index in [2.05, 4.69) is 31.4 Å². The minimum absolute atomic E-state index is 0.170. The molecule has 1 unspecified atom stereocenters. The van der Waals surface area contributed by atoms with E-state index in [1.54, 1.807) is 29.9 Å². The summed E-state index contributed by atoms with van der Waals surface area (Å²) in [6, 6.07) is 6.02.